The van der Waals surface area contributed by atoms with E-state index in [0.29, 0.717) is 57.7 Å². The highest BCUT2D eigenvalue weighted by Crippen LogP contribution is 2.34. The number of ether oxygens (including phenoxy) is 10. The number of hydrogen-bond donors (Lipinski definition) is 7. The van der Waals surface area contributed by atoms with Crippen LogP contribution >= 0.6 is 0 Å². The average Bonchev–Trinajstić information content (AvgIpc) is 1.02. The molecule has 4 unspecified atom stereocenters. The maximum atomic E-state index is 14.6. The first-order valence-electron chi connectivity index (χ1n) is 28.6. The minimum absolute atomic E-state index is 0.00139. The number of alkyl halides is 6. The van der Waals surface area contributed by atoms with Gasteiger partial charge in [-0.3, -0.25) is 4.79 Å². The Morgan fingerprint density at radius 2 is 1.04 bits per heavy atom. The number of hydrogen-bond acceptors (Lipinski definition) is 15. The van der Waals surface area contributed by atoms with Gasteiger partial charge in [-0.25, -0.2) is 9.59 Å². The second-order valence-electron chi connectivity index (χ2n) is 20.8. The molecular weight excluding hydrogens is 1190 g/mol. The largest absolute Gasteiger partial charge is 0.497 e. The Bertz CT molecular complexity index is 3190. The van der Waals surface area contributed by atoms with E-state index in [4.69, 9.17) is 53.1 Å². The first kappa shape index (κ1) is 69.3. The molecule has 0 spiro atoms. The van der Waals surface area contributed by atoms with E-state index in [9.17, 15) is 45.8 Å². The number of aliphatic hydroxyl groups excluding tert-OH is 1. The Labute approximate surface area is 516 Å². The molecule has 486 valence electrons. The molecule has 0 aliphatic carbocycles. The van der Waals surface area contributed by atoms with Crippen molar-refractivity contribution in [2.75, 3.05) is 58.8 Å². The Balaban J connectivity index is 1.35. The lowest BCUT2D eigenvalue weighted by Gasteiger charge is -2.47. The molecule has 8 N–H and O–H groups in total. The van der Waals surface area contributed by atoms with E-state index in [0.717, 1.165) is 30.3 Å². The standard InChI is InChI=1S/C64H74F6N6O14/c1-6-9-51(71)59(78)75-55(52(77)37-85-33-39-14-22-47(81-2)23-15-39)53(32-72-61(79)73-45-12-7-10-43(30-45)63(65,66)67)89-60-56(76-62(80)74-46-13-8-11-44(31-46)64(68,69)70)58(88-36-42-20-28-50(84-5)29-21-42)57(87-35-41-18-26-49(83-4)27-19-41)54(90-60)38-86-34-40-16-24-48(82-3)25-17-40/h7-8,10-31,51-58,60,77H,6,9,32-38,71H2,1-5H3,(H,75,78)(H2,72,73,79)(H2,74,76,80)/t51?,52?,53-,54?,55+,56?,57-,58-,60-/m1/s1. The van der Waals surface area contributed by atoms with Gasteiger partial charge in [0.15, 0.2) is 6.29 Å². The van der Waals surface area contributed by atoms with Crippen LogP contribution in [-0.2, 0) is 72.0 Å². The molecule has 0 radical (unpaired) electrons. The summed E-state index contributed by atoms with van der Waals surface area (Å²) in [5, 5.41) is 25.3. The van der Waals surface area contributed by atoms with Crippen molar-refractivity contribution in [3.63, 3.8) is 0 Å². The molecule has 1 heterocycles. The second kappa shape index (κ2) is 33.6. The summed E-state index contributed by atoms with van der Waals surface area (Å²) in [4.78, 5) is 42.7. The summed E-state index contributed by atoms with van der Waals surface area (Å²) >= 11 is 0. The summed E-state index contributed by atoms with van der Waals surface area (Å²) in [6.07, 6.45) is -18.1. The van der Waals surface area contributed by atoms with Gasteiger partial charge >= 0.3 is 24.4 Å². The van der Waals surface area contributed by atoms with E-state index in [1.165, 1.54) is 40.6 Å². The smallest absolute Gasteiger partial charge is 0.416 e. The molecule has 6 aromatic carbocycles. The molecule has 5 amide bonds. The Morgan fingerprint density at radius 1 is 0.600 bits per heavy atom. The Hall–Kier alpha value is -8.21. The summed E-state index contributed by atoms with van der Waals surface area (Å²) in [5.74, 6) is 1.44. The van der Waals surface area contributed by atoms with Gasteiger partial charge in [-0.05, 0) is 114 Å². The zero-order valence-corrected chi connectivity index (χ0v) is 50.0. The van der Waals surface area contributed by atoms with Crippen molar-refractivity contribution >= 4 is 29.3 Å². The quantitative estimate of drug-likeness (QED) is 0.0200. The van der Waals surface area contributed by atoms with Gasteiger partial charge in [0.1, 0.15) is 59.6 Å². The van der Waals surface area contributed by atoms with Gasteiger partial charge in [0.2, 0.25) is 5.91 Å². The molecule has 26 heteroatoms. The summed E-state index contributed by atoms with van der Waals surface area (Å²) < 4.78 is 145. The fraction of sp³-hybridized carbons (Fsp3) is 0.391. The number of carbonyl (C=O) groups excluding carboxylic acids is 3. The molecule has 1 aliphatic rings. The van der Waals surface area contributed by atoms with Gasteiger partial charge in [0.25, 0.3) is 0 Å². The van der Waals surface area contributed by atoms with Crippen molar-refractivity contribution in [3.05, 3.63) is 179 Å². The van der Waals surface area contributed by atoms with Crippen molar-refractivity contribution in [2.24, 2.45) is 5.73 Å². The molecular formula is C64H74F6N6O14. The zero-order valence-electron chi connectivity index (χ0n) is 50.0. The molecule has 6 aromatic rings. The number of benzene rings is 6. The Kier molecular flexibility index (Phi) is 25.8. The van der Waals surface area contributed by atoms with Gasteiger partial charge < -0.3 is 84.8 Å². The van der Waals surface area contributed by atoms with Crippen molar-refractivity contribution in [1.82, 2.24) is 16.0 Å². The van der Waals surface area contributed by atoms with Gasteiger partial charge in [0.05, 0.1) is 91.3 Å². The summed E-state index contributed by atoms with van der Waals surface area (Å²) in [6, 6.07) is 28.8. The minimum atomic E-state index is -4.80. The first-order chi connectivity index (χ1) is 43.2. The monoisotopic (exact) mass is 1260 g/mol. The third kappa shape index (κ3) is 20.9. The molecule has 20 nitrogen and oxygen atoms in total. The summed E-state index contributed by atoms with van der Waals surface area (Å²) in [5.41, 5.74) is 6.32. The minimum Gasteiger partial charge on any atom is -0.497 e. The first-order valence-corrected chi connectivity index (χ1v) is 28.6. The van der Waals surface area contributed by atoms with Crippen LogP contribution in [0.2, 0.25) is 0 Å². The molecule has 1 saturated heterocycles. The van der Waals surface area contributed by atoms with Crippen LogP contribution in [0.4, 0.5) is 47.3 Å². The van der Waals surface area contributed by atoms with Gasteiger partial charge in [-0.2, -0.15) is 26.3 Å². The van der Waals surface area contributed by atoms with Crippen LogP contribution < -0.4 is 51.3 Å². The highest BCUT2D eigenvalue weighted by molar-refractivity contribution is 5.90. The molecule has 0 saturated carbocycles. The van der Waals surface area contributed by atoms with Crippen LogP contribution in [-0.4, -0.2) is 126 Å². The van der Waals surface area contributed by atoms with E-state index >= 15 is 0 Å². The molecule has 90 heavy (non-hydrogen) atoms. The van der Waals surface area contributed by atoms with E-state index in [-0.39, 0.29) is 50.8 Å². The van der Waals surface area contributed by atoms with Gasteiger partial charge in [0, 0.05) is 17.9 Å². The second-order valence-corrected chi connectivity index (χ2v) is 20.8. The maximum Gasteiger partial charge on any atom is 0.416 e. The van der Waals surface area contributed by atoms with E-state index in [2.05, 4.69) is 26.6 Å². The molecule has 1 aliphatic heterocycles. The van der Waals surface area contributed by atoms with Crippen molar-refractivity contribution in [1.29, 1.82) is 0 Å². The third-order valence-electron chi connectivity index (χ3n) is 14.3. The summed E-state index contributed by atoms with van der Waals surface area (Å²) in [7, 11) is 6.02. The number of aliphatic hydroxyl groups is 1. The Morgan fingerprint density at radius 3 is 1.50 bits per heavy atom. The third-order valence-corrected chi connectivity index (χ3v) is 14.3. The number of urea groups is 2. The molecule has 1 fully saturated rings. The number of carbonyl (C=O) groups is 3. The number of halogens is 6. The lowest BCUT2D eigenvalue weighted by Crippen LogP contribution is -2.68. The molecule has 9 atom stereocenters. The van der Waals surface area contributed by atoms with Gasteiger partial charge in [-0.1, -0.05) is 74.0 Å². The number of rotatable bonds is 31. The SMILES string of the molecule is CCCC(N)C(=O)N[C@@H](C(O)COCc1ccc(OC)cc1)[C@@H](CNC(=O)Nc1cccc(C(F)(F)F)c1)O[C@@H]1OC(COCc2ccc(OC)cc2)[C@@H](OCc2ccc(OC)cc2)[C@H](OCc2ccc(OC)cc2)C1NC(=O)Nc1cccc(C(F)(F)F)c1. The fourth-order valence-corrected chi connectivity index (χ4v) is 9.49. The topological polar surface area (TPSA) is 250 Å². The number of amides is 5. The highest BCUT2D eigenvalue weighted by Gasteiger charge is 2.51. The van der Waals surface area contributed by atoms with E-state index in [1.807, 2.05) is 0 Å². The lowest BCUT2D eigenvalue weighted by atomic mass is 9.95. The number of anilines is 2. The van der Waals surface area contributed by atoms with E-state index in [1.54, 1.807) is 104 Å². The van der Waals surface area contributed by atoms with Crippen LogP contribution in [0.15, 0.2) is 146 Å². The van der Waals surface area contributed by atoms with Crippen LogP contribution in [0.5, 0.6) is 23.0 Å². The van der Waals surface area contributed by atoms with Crippen molar-refractivity contribution < 1.29 is 93.2 Å². The van der Waals surface area contributed by atoms with Crippen molar-refractivity contribution in [2.45, 2.75) is 113 Å². The molecule has 7 rings (SSSR count). The van der Waals surface area contributed by atoms with E-state index < -0.39 is 110 Å². The summed E-state index contributed by atoms with van der Waals surface area (Å²) in [6.45, 7) is -0.0861. The number of nitrogens with one attached hydrogen (secondary N) is 5. The van der Waals surface area contributed by atoms with Crippen molar-refractivity contribution in [3.8, 4) is 23.0 Å². The lowest BCUT2D eigenvalue weighted by molar-refractivity contribution is -0.301. The predicted octanol–water partition coefficient (Wildman–Crippen LogP) is 9.76. The molecule has 0 aromatic heterocycles. The predicted molar refractivity (Wildman–Crippen MR) is 319 cm³/mol. The number of nitrogens with two attached hydrogens (primary N) is 1. The normalized spacial score (nSPS) is 18.0. The average molecular weight is 1270 g/mol. The van der Waals surface area contributed by atoms with Crippen LogP contribution in [0.25, 0.3) is 0 Å². The fourth-order valence-electron chi connectivity index (χ4n) is 9.49. The zero-order chi connectivity index (χ0) is 64.8. The van der Waals surface area contributed by atoms with Crippen LogP contribution in [0.3, 0.4) is 0 Å². The highest BCUT2D eigenvalue weighted by atomic mass is 19.4. The number of methoxy groups -OCH3 is 4. The molecule has 0 bridgehead atoms. The maximum absolute atomic E-state index is 14.6. The van der Waals surface area contributed by atoms with Crippen LogP contribution in [0.1, 0.15) is 53.1 Å². The van der Waals surface area contributed by atoms with Crippen LogP contribution in [0, 0.1) is 0 Å². The van der Waals surface area contributed by atoms with Gasteiger partial charge in [-0.15, -0.1) is 0 Å².